The molecule has 0 bridgehead atoms. The second-order valence-corrected chi connectivity index (χ2v) is 4.63. The number of aliphatic hydroxyl groups excluding tert-OH is 1. The lowest BCUT2D eigenvalue weighted by Gasteiger charge is -2.16. The highest BCUT2D eigenvalue weighted by Crippen LogP contribution is 2.28. The molecule has 106 valence electrons. The van der Waals surface area contributed by atoms with Gasteiger partial charge in [0.2, 0.25) is 5.91 Å². The third-order valence-electron chi connectivity index (χ3n) is 3.39. The average Bonchev–Trinajstić information content (AvgIpc) is 2.96. The van der Waals surface area contributed by atoms with Crippen molar-refractivity contribution in [2.24, 2.45) is 5.73 Å². The summed E-state index contributed by atoms with van der Waals surface area (Å²) in [6, 6.07) is 8.63. The van der Waals surface area contributed by atoms with E-state index in [1.807, 2.05) is 30.3 Å². The number of amides is 1. The Labute approximate surface area is 120 Å². The van der Waals surface area contributed by atoms with E-state index in [2.05, 4.69) is 9.97 Å². The molecule has 0 fully saturated rings. The summed E-state index contributed by atoms with van der Waals surface area (Å²) in [5.41, 5.74) is 7.01. The van der Waals surface area contributed by atoms with Crippen LogP contribution in [0.15, 0.2) is 48.9 Å². The van der Waals surface area contributed by atoms with Crippen LogP contribution in [0.3, 0.4) is 0 Å². The minimum atomic E-state index is -0.838. The van der Waals surface area contributed by atoms with Crippen LogP contribution in [0.5, 0.6) is 0 Å². The molecule has 1 aromatic carbocycles. The molecule has 6 nitrogen and oxygen atoms in total. The van der Waals surface area contributed by atoms with Crippen molar-refractivity contribution in [1.82, 2.24) is 14.5 Å². The molecule has 6 heteroatoms. The monoisotopic (exact) mass is 282 g/mol. The predicted molar refractivity (Wildman–Crippen MR) is 78.3 cm³/mol. The first-order chi connectivity index (χ1) is 10.2. The molecule has 0 spiro atoms. The molecular formula is C15H14N4O2. The van der Waals surface area contributed by atoms with Gasteiger partial charge in [-0.1, -0.05) is 18.2 Å². The van der Waals surface area contributed by atoms with Gasteiger partial charge in [-0.3, -0.25) is 9.78 Å². The van der Waals surface area contributed by atoms with Gasteiger partial charge in [0.15, 0.2) is 0 Å². The molecule has 3 aromatic rings. The van der Waals surface area contributed by atoms with Crippen LogP contribution in [0, 0.1) is 0 Å². The minimum absolute atomic E-state index is 0.373. The predicted octanol–water partition coefficient (Wildman–Crippen LogP) is 1.12. The maximum atomic E-state index is 11.5. The summed E-state index contributed by atoms with van der Waals surface area (Å²) in [6.07, 6.45) is 4.94. The van der Waals surface area contributed by atoms with E-state index in [4.69, 9.17) is 5.73 Å². The minimum Gasteiger partial charge on any atom is -0.394 e. The first kappa shape index (κ1) is 13.3. The van der Waals surface area contributed by atoms with E-state index in [1.165, 1.54) is 0 Å². The van der Waals surface area contributed by atoms with Gasteiger partial charge in [-0.25, -0.2) is 4.98 Å². The Morgan fingerprint density at radius 3 is 2.86 bits per heavy atom. The molecule has 3 N–H and O–H groups in total. The van der Waals surface area contributed by atoms with Crippen molar-refractivity contribution >= 4 is 16.8 Å². The van der Waals surface area contributed by atoms with Gasteiger partial charge < -0.3 is 15.4 Å². The summed E-state index contributed by atoms with van der Waals surface area (Å²) in [7, 11) is 0. The number of carbonyl (C=O) groups is 1. The number of hydrogen-bond acceptors (Lipinski definition) is 4. The van der Waals surface area contributed by atoms with E-state index in [0.717, 1.165) is 16.5 Å². The van der Waals surface area contributed by atoms with Crippen LogP contribution in [0.2, 0.25) is 0 Å². The Bertz CT molecular complexity index is 792. The number of aromatic nitrogens is 3. The van der Waals surface area contributed by atoms with Crippen molar-refractivity contribution in [3.8, 4) is 11.4 Å². The van der Waals surface area contributed by atoms with E-state index in [-0.39, 0.29) is 6.61 Å². The number of fused-ring (bicyclic) bond motifs is 1. The molecule has 21 heavy (non-hydrogen) atoms. The molecule has 0 aliphatic carbocycles. The Kier molecular flexibility index (Phi) is 3.37. The van der Waals surface area contributed by atoms with E-state index < -0.39 is 11.9 Å². The molecule has 0 saturated carbocycles. The normalized spacial score (nSPS) is 12.4. The number of rotatable bonds is 4. The molecule has 0 unspecified atom stereocenters. The second-order valence-electron chi connectivity index (χ2n) is 4.63. The van der Waals surface area contributed by atoms with Crippen molar-refractivity contribution in [3.05, 3.63) is 48.9 Å². The Morgan fingerprint density at radius 1 is 1.24 bits per heavy atom. The number of benzene rings is 1. The smallest absolute Gasteiger partial charge is 0.242 e. The van der Waals surface area contributed by atoms with E-state index in [9.17, 15) is 9.90 Å². The zero-order chi connectivity index (χ0) is 14.8. The first-order valence-corrected chi connectivity index (χ1v) is 6.49. The summed E-state index contributed by atoms with van der Waals surface area (Å²) in [5.74, 6) is -0.0263. The lowest BCUT2D eigenvalue weighted by Crippen LogP contribution is -2.29. The summed E-state index contributed by atoms with van der Waals surface area (Å²) >= 11 is 0. The number of carbonyl (C=O) groups excluding carboxylic acids is 1. The zero-order valence-electron chi connectivity index (χ0n) is 11.2. The Hall–Kier alpha value is -2.73. The van der Waals surface area contributed by atoms with Crippen LogP contribution in [-0.4, -0.2) is 32.2 Å². The highest BCUT2D eigenvalue weighted by Gasteiger charge is 2.20. The summed E-state index contributed by atoms with van der Waals surface area (Å²) < 4.78 is 1.59. The SMILES string of the molecule is NC(=O)[C@H](CO)n1ccnc1-c1cccc2ncccc12. The number of nitrogens with two attached hydrogens (primary N) is 1. The average molecular weight is 282 g/mol. The van der Waals surface area contributed by atoms with Gasteiger partial charge in [-0.05, 0) is 12.1 Å². The fourth-order valence-electron chi connectivity index (χ4n) is 2.39. The molecular weight excluding hydrogens is 268 g/mol. The largest absolute Gasteiger partial charge is 0.394 e. The van der Waals surface area contributed by atoms with E-state index in [0.29, 0.717) is 5.82 Å². The maximum Gasteiger partial charge on any atom is 0.242 e. The lowest BCUT2D eigenvalue weighted by atomic mass is 10.1. The lowest BCUT2D eigenvalue weighted by molar-refractivity contribution is -0.122. The van der Waals surface area contributed by atoms with Crippen molar-refractivity contribution in [2.75, 3.05) is 6.61 Å². The molecule has 0 radical (unpaired) electrons. The number of primary amides is 1. The molecule has 3 rings (SSSR count). The number of pyridine rings is 1. The van der Waals surface area contributed by atoms with E-state index >= 15 is 0 Å². The fraction of sp³-hybridized carbons (Fsp3) is 0.133. The van der Waals surface area contributed by atoms with Crippen molar-refractivity contribution in [3.63, 3.8) is 0 Å². The third kappa shape index (κ3) is 2.25. The highest BCUT2D eigenvalue weighted by atomic mass is 16.3. The van der Waals surface area contributed by atoms with Gasteiger partial charge in [0.1, 0.15) is 11.9 Å². The molecule has 2 heterocycles. The molecule has 0 aliphatic rings. The zero-order valence-corrected chi connectivity index (χ0v) is 11.2. The van der Waals surface area contributed by atoms with Crippen LogP contribution in [-0.2, 0) is 4.79 Å². The number of imidazole rings is 1. The van der Waals surface area contributed by atoms with Gasteiger partial charge in [0.25, 0.3) is 0 Å². The van der Waals surface area contributed by atoms with Crippen LogP contribution in [0.1, 0.15) is 6.04 Å². The standard InChI is InChI=1S/C15H14N4O2/c16-14(21)13(9-20)19-8-7-18-15(19)11-3-1-5-12-10(11)4-2-6-17-12/h1-8,13,20H,9H2,(H2,16,21)/t13-/m0/s1. The topological polar surface area (TPSA) is 94.0 Å². The van der Waals surface area contributed by atoms with Crippen LogP contribution in [0.25, 0.3) is 22.3 Å². The van der Waals surface area contributed by atoms with Crippen molar-refractivity contribution < 1.29 is 9.90 Å². The number of aliphatic hydroxyl groups is 1. The molecule has 0 saturated heterocycles. The van der Waals surface area contributed by atoms with Gasteiger partial charge >= 0.3 is 0 Å². The van der Waals surface area contributed by atoms with Crippen LogP contribution in [0.4, 0.5) is 0 Å². The number of nitrogens with zero attached hydrogens (tertiary/aromatic N) is 3. The maximum absolute atomic E-state index is 11.5. The number of hydrogen-bond donors (Lipinski definition) is 2. The van der Waals surface area contributed by atoms with Gasteiger partial charge in [0, 0.05) is 29.5 Å². The molecule has 1 amide bonds. The van der Waals surface area contributed by atoms with Gasteiger partial charge in [-0.15, -0.1) is 0 Å². The van der Waals surface area contributed by atoms with Crippen molar-refractivity contribution in [2.45, 2.75) is 6.04 Å². The summed E-state index contributed by atoms with van der Waals surface area (Å²) in [6.45, 7) is -0.373. The van der Waals surface area contributed by atoms with Crippen LogP contribution >= 0.6 is 0 Å². The van der Waals surface area contributed by atoms with Crippen LogP contribution < -0.4 is 5.73 Å². The Balaban J connectivity index is 2.21. The van der Waals surface area contributed by atoms with Gasteiger partial charge in [0.05, 0.1) is 12.1 Å². The van der Waals surface area contributed by atoms with Crippen molar-refractivity contribution in [1.29, 1.82) is 0 Å². The quantitative estimate of drug-likeness (QED) is 0.749. The Morgan fingerprint density at radius 2 is 2.10 bits per heavy atom. The first-order valence-electron chi connectivity index (χ1n) is 6.49. The van der Waals surface area contributed by atoms with E-state index in [1.54, 1.807) is 23.2 Å². The highest BCUT2D eigenvalue weighted by molar-refractivity contribution is 5.93. The second kappa shape index (κ2) is 5.34. The van der Waals surface area contributed by atoms with Gasteiger partial charge in [-0.2, -0.15) is 0 Å². The molecule has 1 atom stereocenters. The fourth-order valence-corrected chi connectivity index (χ4v) is 2.39. The summed E-state index contributed by atoms with van der Waals surface area (Å²) in [5, 5.41) is 10.3. The third-order valence-corrected chi connectivity index (χ3v) is 3.39. The molecule has 0 aliphatic heterocycles. The molecule has 2 aromatic heterocycles. The summed E-state index contributed by atoms with van der Waals surface area (Å²) in [4.78, 5) is 20.1.